The molecule has 0 saturated heterocycles. The maximum Gasteiger partial charge on any atom is 0.242 e. The monoisotopic (exact) mass is 581 g/mol. The molecule has 2 rings (SSSR count). The molecule has 198 valence electrons. The number of benzene rings is 2. The third-order valence-corrected chi connectivity index (χ3v) is 7.15. The van der Waals surface area contributed by atoms with Gasteiger partial charge in [0.25, 0.3) is 0 Å². The molecule has 36 heavy (non-hydrogen) atoms. The van der Waals surface area contributed by atoms with Crippen LogP contribution < -0.4 is 14.4 Å². The van der Waals surface area contributed by atoms with Crippen LogP contribution in [0, 0.1) is 0 Å². The molecule has 10 heteroatoms. The highest BCUT2D eigenvalue weighted by Gasteiger charge is 2.29. The van der Waals surface area contributed by atoms with E-state index in [-0.39, 0.29) is 37.7 Å². The van der Waals surface area contributed by atoms with Gasteiger partial charge in [0.05, 0.1) is 19.1 Å². The molecule has 2 aromatic carbocycles. The summed E-state index contributed by atoms with van der Waals surface area (Å²) in [6.07, 6.45) is 1.47. The van der Waals surface area contributed by atoms with Crippen LogP contribution in [-0.4, -0.2) is 56.6 Å². The second-order valence-corrected chi connectivity index (χ2v) is 12.5. The number of rotatable bonds is 11. The normalized spacial score (nSPS) is 12.5. The van der Waals surface area contributed by atoms with Crippen LogP contribution in [0.3, 0.4) is 0 Å². The summed E-state index contributed by atoms with van der Waals surface area (Å²) in [5.74, 6) is -0.0544. The molecule has 0 heterocycles. The first-order valence-electron chi connectivity index (χ1n) is 11.7. The third kappa shape index (κ3) is 8.81. The fourth-order valence-electron chi connectivity index (χ4n) is 3.66. The van der Waals surface area contributed by atoms with Crippen LogP contribution in [0.5, 0.6) is 5.75 Å². The lowest BCUT2D eigenvalue weighted by Crippen LogP contribution is -2.52. The first kappa shape index (κ1) is 29.6. The van der Waals surface area contributed by atoms with E-state index in [9.17, 15) is 18.0 Å². The molecule has 0 radical (unpaired) electrons. The van der Waals surface area contributed by atoms with E-state index in [1.165, 1.54) is 16.3 Å². The Hall–Kier alpha value is -2.59. The summed E-state index contributed by atoms with van der Waals surface area (Å²) >= 11 is 3.41. The summed E-state index contributed by atoms with van der Waals surface area (Å²) in [7, 11) is -2.13. The highest BCUT2D eigenvalue weighted by molar-refractivity contribution is 9.10. The Morgan fingerprint density at radius 3 is 2.25 bits per heavy atom. The Balaban J connectivity index is 2.21. The number of ether oxygens (including phenoxy) is 1. The van der Waals surface area contributed by atoms with E-state index in [0.717, 1.165) is 16.3 Å². The number of nitrogens with one attached hydrogen (secondary N) is 1. The molecular formula is C26H36BrN3O5S. The van der Waals surface area contributed by atoms with Crippen molar-refractivity contribution in [2.75, 3.05) is 24.2 Å². The van der Waals surface area contributed by atoms with Crippen molar-refractivity contribution >= 4 is 43.5 Å². The fourth-order valence-corrected chi connectivity index (χ4v) is 4.89. The third-order valence-electron chi connectivity index (χ3n) is 5.44. The van der Waals surface area contributed by atoms with E-state index < -0.39 is 21.6 Å². The van der Waals surface area contributed by atoms with E-state index in [1.54, 1.807) is 31.2 Å². The minimum absolute atomic E-state index is 0.0742. The number of methoxy groups -OCH3 is 1. The fraction of sp³-hybridized carbons (Fsp3) is 0.462. The summed E-state index contributed by atoms with van der Waals surface area (Å²) < 4.78 is 32.5. The minimum atomic E-state index is -3.61. The Morgan fingerprint density at radius 2 is 1.69 bits per heavy atom. The molecule has 0 aliphatic carbocycles. The molecule has 0 aliphatic heterocycles. The van der Waals surface area contributed by atoms with Gasteiger partial charge < -0.3 is 15.0 Å². The van der Waals surface area contributed by atoms with Crippen LogP contribution in [0.1, 0.15) is 46.1 Å². The second kappa shape index (κ2) is 12.6. The molecular weight excluding hydrogens is 546 g/mol. The van der Waals surface area contributed by atoms with E-state index in [1.807, 2.05) is 45.0 Å². The van der Waals surface area contributed by atoms with Crippen molar-refractivity contribution in [1.29, 1.82) is 0 Å². The van der Waals surface area contributed by atoms with Gasteiger partial charge in [-0.15, -0.1) is 0 Å². The Morgan fingerprint density at radius 1 is 1.08 bits per heavy atom. The van der Waals surface area contributed by atoms with Gasteiger partial charge in [-0.25, -0.2) is 8.42 Å². The van der Waals surface area contributed by atoms with Crippen molar-refractivity contribution < 1.29 is 22.7 Å². The molecule has 1 atom stereocenters. The molecule has 0 aromatic heterocycles. The van der Waals surface area contributed by atoms with Gasteiger partial charge in [-0.2, -0.15) is 0 Å². The number of hydrogen-bond donors (Lipinski definition) is 1. The van der Waals surface area contributed by atoms with Crippen molar-refractivity contribution in [3.05, 3.63) is 58.6 Å². The smallest absolute Gasteiger partial charge is 0.242 e. The number of nitrogens with zero attached hydrogens (tertiary/aromatic N) is 2. The standard InChI is InChI=1S/C26H36BrN3O5S/c1-19(25(32)28-26(2,3)4)29(18-20-13-15-21(27)16-14-20)24(31)12-9-17-30(36(6,33)34)22-10-7-8-11-23(22)35-5/h7-8,10-11,13-16,19H,9,12,17-18H2,1-6H3,(H,28,32)/t19-/m0/s1. The molecule has 8 nitrogen and oxygen atoms in total. The number of para-hydroxylation sites is 2. The zero-order chi connectivity index (χ0) is 27.1. The number of sulfonamides is 1. The van der Waals surface area contributed by atoms with Crippen molar-refractivity contribution in [1.82, 2.24) is 10.2 Å². The summed E-state index contributed by atoms with van der Waals surface area (Å²) in [6, 6.07) is 13.7. The minimum Gasteiger partial charge on any atom is -0.495 e. The average molecular weight is 583 g/mol. The molecule has 0 unspecified atom stereocenters. The highest BCUT2D eigenvalue weighted by atomic mass is 79.9. The Labute approximate surface area is 223 Å². The molecule has 0 saturated carbocycles. The quantitative estimate of drug-likeness (QED) is 0.426. The number of carbonyl (C=O) groups is 2. The predicted molar refractivity (Wildman–Crippen MR) is 146 cm³/mol. The molecule has 1 N–H and O–H groups in total. The summed E-state index contributed by atoms with van der Waals surface area (Å²) in [4.78, 5) is 27.8. The van der Waals surface area contributed by atoms with Gasteiger partial charge in [0.1, 0.15) is 11.8 Å². The Bertz CT molecular complexity index is 1150. The van der Waals surface area contributed by atoms with E-state index in [0.29, 0.717) is 11.4 Å². The molecule has 0 spiro atoms. The number of halogens is 1. The van der Waals surface area contributed by atoms with Gasteiger partial charge in [0, 0.05) is 29.5 Å². The number of hydrogen-bond acceptors (Lipinski definition) is 5. The lowest BCUT2D eigenvalue weighted by Gasteiger charge is -2.32. The second-order valence-electron chi connectivity index (χ2n) is 9.67. The molecule has 0 fully saturated rings. The molecule has 0 aliphatic rings. The lowest BCUT2D eigenvalue weighted by atomic mass is 10.1. The molecule has 0 bridgehead atoms. The Kier molecular flexibility index (Phi) is 10.4. The van der Waals surface area contributed by atoms with Crippen molar-refractivity contribution in [2.45, 2.75) is 58.7 Å². The van der Waals surface area contributed by atoms with Crippen molar-refractivity contribution in [3.63, 3.8) is 0 Å². The summed E-state index contributed by atoms with van der Waals surface area (Å²) in [5.41, 5.74) is 0.857. The van der Waals surface area contributed by atoms with Gasteiger partial charge >= 0.3 is 0 Å². The van der Waals surface area contributed by atoms with Crippen LogP contribution in [-0.2, 0) is 26.2 Å². The van der Waals surface area contributed by atoms with Crippen LogP contribution in [0.15, 0.2) is 53.0 Å². The van der Waals surface area contributed by atoms with Crippen molar-refractivity contribution in [3.8, 4) is 5.75 Å². The first-order valence-corrected chi connectivity index (χ1v) is 14.3. The van der Waals surface area contributed by atoms with Gasteiger partial charge in [0.15, 0.2) is 0 Å². The predicted octanol–water partition coefficient (Wildman–Crippen LogP) is 4.34. The molecule has 2 aromatic rings. The van der Waals surface area contributed by atoms with E-state index >= 15 is 0 Å². The van der Waals surface area contributed by atoms with Crippen LogP contribution >= 0.6 is 15.9 Å². The van der Waals surface area contributed by atoms with Gasteiger partial charge in [-0.3, -0.25) is 13.9 Å². The maximum absolute atomic E-state index is 13.4. The zero-order valence-electron chi connectivity index (χ0n) is 21.7. The largest absolute Gasteiger partial charge is 0.495 e. The van der Waals surface area contributed by atoms with Gasteiger partial charge in [0.2, 0.25) is 21.8 Å². The SMILES string of the molecule is COc1ccccc1N(CCCC(=O)N(Cc1ccc(Br)cc1)[C@@H](C)C(=O)NC(C)(C)C)S(C)(=O)=O. The van der Waals surface area contributed by atoms with Crippen LogP contribution in [0.2, 0.25) is 0 Å². The maximum atomic E-state index is 13.4. The van der Waals surface area contributed by atoms with Gasteiger partial charge in [-0.05, 0) is 63.9 Å². The van der Waals surface area contributed by atoms with E-state index in [4.69, 9.17) is 4.74 Å². The highest BCUT2D eigenvalue weighted by Crippen LogP contribution is 2.29. The average Bonchev–Trinajstić information content (AvgIpc) is 2.79. The van der Waals surface area contributed by atoms with E-state index in [2.05, 4.69) is 21.2 Å². The molecule has 2 amide bonds. The number of carbonyl (C=O) groups excluding carboxylic acids is 2. The van der Waals surface area contributed by atoms with Crippen molar-refractivity contribution in [2.24, 2.45) is 0 Å². The first-order chi connectivity index (χ1) is 16.7. The summed E-state index contributed by atoms with van der Waals surface area (Å²) in [5, 5.41) is 2.94. The number of amides is 2. The zero-order valence-corrected chi connectivity index (χ0v) is 24.1. The number of anilines is 1. The van der Waals surface area contributed by atoms with Crippen LogP contribution in [0.4, 0.5) is 5.69 Å². The van der Waals surface area contributed by atoms with Gasteiger partial charge in [-0.1, -0.05) is 40.2 Å². The van der Waals surface area contributed by atoms with Crippen LogP contribution in [0.25, 0.3) is 0 Å². The summed E-state index contributed by atoms with van der Waals surface area (Å²) in [6.45, 7) is 7.71. The topological polar surface area (TPSA) is 96.0 Å². The lowest BCUT2D eigenvalue weighted by molar-refractivity contribution is -0.141.